The molecule has 0 spiro atoms. The predicted molar refractivity (Wildman–Crippen MR) is 64.0 cm³/mol. The quantitative estimate of drug-likeness (QED) is 0.835. The van der Waals surface area contributed by atoms with E-state index in [4.69, 9.17) is 5.73 Å². The lowest BCUT2D eigenvalue weighted by atomic mass is 10.1. The van der Waals surface area contributed by atoms with Gasteiger partial charge in [0.25, 0.3) is 0 Å². The molecule has 0 radical (unpaired) electrons. The minimum absolute atomic E-state index is 0.0742. The summed E-state index contributed by atoms with van der Waals surface area (Å²) in [5.41, 5.74) is 5.43. The van der Waals surface area contributed by atoms with Crippen LogP contribution in [0.3, 0.4) is 0 Å². The molecule has 2 rings (SSSR count). The van der Waals surface area contributed by atoms with E-state index in [0.717, 1.165) is 18.2 Å². The van der Waals surface area contributed by atoms with Gasteiger partial charge in [0.2, 0.25) is 0 Å². The smallest absolute Gasteiger partial charge is 0.162 e. The third-order valence-electron chi connectivity index (χ3n) is 2.97. The molecule has 2 atom stereocenters. The number of sulfone groups is 1. The molecule has 98 valence electrons. The lowest BCUT2D eigenvalue weighted by Gasteiger charge is -2.24. The first-order chi connectivity index (χ1) is 8.31. The van der Waals surface area contributed by atoms with Gasteiger partial charge in [0.15, 0.2) is 9.84 Å². The highest BCUT2D eigenvalue weighted by Crippen LogP contribution is 2.28. The summed E-state index contributed by atoms with van der Waals surface area (Å²) in [6.07, 6.45) is 0. The van der Waals surface area contributed by atoms with Crippen LogP contribution in [0.1, 0.15) is 18.5 Å². The predicted octanol–water partition coefficient (Wildman–Crippen LogP) is 1.18. The summed E-state index contributed by atoms with van der Waals surface area (Å²) < 4.78 is 50.2. The fraction of sp³-hybridized carbons (Fsp3) is 0.364. The van der Waals surface area contributed by atoms with Crippen molar-refractivity contribution in [2.75, 3.05) is 5.75 Å². The van der Waals surface area contributed by atoms with Crippen LogP contribution in [0, 0.1) is 11.6 Å². The third kappa shape index (κ3) is 2.22. The molecule has 4 nitrogen and oxygen atoms in total. The number of nitrogens with two attached hydrogens (primary N) is 1. The molecule has 1 heterocycles. The molecule has 1 aliphatic rings. The number of benzene rings is 1. The first-order valence-corrected chi connectivity index (χ1v) is 7.02. The Balaban J connectivity index is 2.50. The Kier molecular flexibility index (Phi) is 3.10. The van der Waals surface area contributed by atoms with Crippen molar-refractivity contribution in [3.63, 3.8) is 0 Å². The summed E-state index contributed by atoms with van der Waals surface area (Å²) in [5, 5.41) is -0.884. The van der Waals surface area contributed by atoms with Crippen LogP contribution in [0.15, 0.2) is 23.2 Å². The number of amidine groups is 1. The number of halogens is 2. The van der Waals surface area contributed by atoms with Gasteiger partial charge in [-0.2, -0.15) is 0 Å². The van der Waals surface area contributed by atoms with E-state index in [-0.39, 0.29) is 17.2 Å². The van der Waals surface area contributed by atoms with Gasteiger partial charge in [0.1, 0.15) is 22.7 Å². The minimum Gasteiger partial charge on any atom is -0.386 e. The number of hydrogen-bond donors (Lipinski definition) is 1. The second-order valence-electron chi connectivity index (χ2n) is 4.21. The molecule has 1 aliphatic heterocycles. The zero-order valence-corrected chi connectivity index (χ0v) is 10.4. The largest absolute Gasteiger partial charge is 0.386 e. The van der Waals surface area contributed by atoms with E-state index in [1.54, 1.807) is 0 Å². The van der Waals surface area contributed by atoms with Crippen molar-refractivity contribution in [3.05, 3.63) is 35.4 Å². The van der Waals surface area contributed by atoms with Gasteiger partial charge >= 0.3 is 0 Å². The average molecular weight is 274 g/mol. The Morgan fingerprint density at radius 3 is 2.67 bits per heavy atom. The van der Waals surface area contributed by atoms with Crippen LogP contribution in [-0.2, 0) is 9.84 Å². The molecule has 7 heteroatoms. The van der Waals surface area contributed by atoms with Crippen LogP contribution in [0.5, 0.6) is 0 Å². The zero-order chi connectivity index (χ0) is 13.5. The maximum atomic E-state index is 13.6. The molecule has 0 saturated carbocycles. The lowest BCUT2D eigenvalue weighted by Crippen LogP contribution is -2.40. The van der Waals surface area contributed by atoms with Crippen molar-refractivity contribution < 1.29 is 17.2 Å². The molecule has 18 heavy (non-hydrogen) atoms. The van der Waals surface area contributed by atoms with E-state index in [0.29, 0.717) is 0 Å². The second-order valence-corrected chi connectivity index (χ2v) is 6.57. The van der Waals surface area contributed by atoms with Crippen molar-refractivity contribution in [1.82, 2.24) is 0 Å². The van der Waals surface area contributed by atoms with E-state index < -0.39 is 32.8 Å². The summed E-state index contributed by atoms with van der Waals surface area (Å²) in [5.74, 6) is -1.77. The van der Waals surface area contributed by atoms with Crippen molar-refractivity contribution >= 4 is 15.7 Å². The van der Waals surface area contributed by atoms with Crippen molar-refractivity contribution in [3.8, 4) is 0 Å². The molecule has 0 fully saturated rings. The molecule has 1 aromatic carbocycles. The van der Waals surface area contributed by atoms with Crippen molar-refractivity contribution in [1.29, 1.82) is 0 Å². The normalized spacial score (nSPS) is 26.7. The van der Waals surface area contributed by atoms with Gasteiger partial charge in [-0.15, -0.1) is 0 Å². The second kappa shape index (κ2) is 4.31. The number of rotatable bonds is 1. The Labute approximate surface area is 103 Å². The molecule has 0 bridgehead atoms. The molecule has 0 amide bonds. The van der Waals surface area contributed by atoms with Crippen LogP contribution >= 0.6 is 0 Å². The minimum atomic E-state index is -3.48. The van der Waals surface area contributed by atoms with E-state index >= 15 is 0 Å². The third-order valence-corrected chi connectivity index (χ3v) is 5.07. The molecule has 2 unspecified atom stereocenters. The van der Waals surface area contributed by atoms with Gasteiger partial charge in [-0.25, -0.2) is 17.2 Å². The summed E-state index contributed by atoms with van der Waals surface area (Å²) in [6, 6.07) is 1.87. The molecule has 1 aromatic rings. The van der Waals surface area contributed by atoms with Crippen molar-refractivity contribution in [2.45, 2.75) is 18.2 Å². The lowest BCUT2D eigenvalue weighted by molar-refractivity contribution is 0.557. The Bertz CT molecular complexity index is 613. The molecule has 2 N–H and O–H groups in total. The number of hydrogen-bond acceptors (Lipinski definition) is 4. The molecular weight excluding hydrogens is 262 g/mol. The number of nitrogens with zero attached hydrogens (tertiary/aromatic N) is 1. The van der Waals surface area contributed by atoms with E-state index in [2.05, 4.69) is 4.99 Å². The zero-order valence-electron chi connectivity index (χ0n) is 9.60. The maximum absolute atomic E-state index is 13.6. The highest BCUT2D eigenvalue weighted by atomic mass is 32.2. The van der Waals surface area contributed by atoms with Gasteiger partial charge < -0.3 is 5.73 Å². The summed E-state index contributed by atoms with van der Waals surface area (Å²) in [6.45, 7) is 1.42. The topological polar surface area (TPSA) is 72.5 Å². The van der Waals surface area contributed by atoms with E-state index in [1.807, 2.05) is 0 Å². The highest BCUT2D eigenvalue weighted by Gasteiger charge is 2.34. The van der Waals surface area contributed by atoms with E-state index in [1.165, 1.54) is 6.92 Å². The molecule has 0 saturated heterocycles. The summed E-state index contributed by atoms with van der Waals surface area (Å²) >= 11 is 0. The highest BCUT2D eigenvalue weighted by molar-refractivity contribution is 7.92. The van der Waals surface area contributed by atoms with Gasteiger partial charge in [-0.05, 0) is 25.1 Å². The fourth-order valence-corrected chi connectivity index (χ4v) is 3.21. The average Bonchev–Trinajstić information content (AvgIpc) is 2.28. The van der Waals surface area contributed by atoms with Crippen molar-refractivity contribution in [2.24, 2.45) is 10.7 Å². The van der Waals surface area contributed by atoms with Gasteiger partial charge in [-0.1, -0.05) is 0 Å². The maximum Gasteiger partial charge on any atom is 0.162 e. The van der Waals surface area contributed by atoms with Gasteiger partial charge in [0.05, 0.1) is 11.8 Å². The first kappa shape index (κ1) is 12.9. The van der Waals surface area contributed by atoms with Gasteiger partial charge in [0, 0.05) is 5.56 Å². The summed E-state index contributed by atoms with van der Waals surface area (Å²) in [4.78, 5) is 3.94. The SMILES string of the molecule is CC1C(N)=NC(c2cc(F)ccc2F)CS1(=O)=O. The van der Waals surface area contributed by atoms with E-state index in [9.17, 15) is 17.2 Å². The Morgan fingerprint density at radius 2 is 2.06 bits per heavy atom. The summed E-state index contributed by atoms with van der Waals surface area (Å²) in [7, 11) is -3.48. The van der Waals surface area contributed by atoms with Crippen LogP contribution < -0.4 is 5.73 Å². The van der Waals surface area contributed by atoms with Crippen LogP contribution in [-0.4, -0.2) is 25.3 Å². The monoisotopic (exact) mass is 274 g/mol. The van der Waals surface area contributed by atoms with Crippen LogP contribution in [0.2, 0.25) is 0 Å². The Hall–Kier alpha value is -1.50. The molecule has 0 aliphatic carbocycles. The molecule has 0 aromatic heterocycles. The molecular formula is C11H12F2N2O2S. The first-order valence-electron chi connectivity index (χ1n) is 5.31. The van der Waals surface area contributed by atoms with Crippen LogP contribution in [0.25, 0.3) is 0 Å². The fourth-order valence-electron chi connectivity index (χ4n) is 1.80. The standard InChI is InChI=1S/C11H12F2N2O2S/c1-6-11(14)15-10(5-18(6,16)17)8-4-7(12)2-3-9(8)13/h2-4,6,10H,5H2,1H3,(H2,14,15). The van der Waals surface area contributed by atoms with Crippen LogP contribution in [0.4, 0.5) is 8.78 Å². The Morgan fingerprint density at radius 1 is 1.39 bits per heavy atom. The number of aliphatic imine (C=N–C) groups is 1. The van der Waals surface area contributed by atoms with Gasteiger partial charge in [-0.3, -0.25) is 4.99 Å².